The van der Waals surface area contributed by atoms with Crippen molar-refractivity contribution in [1.82, 2.24) is 0 Å². The van der Waals surface area contributed by atoms with Crippen LogP contribution in [0, 0.1) is 17.3 Å². The second-order valence-corrected chi connectivity index (χ2v) is 7.41. The van der Waals surface area contributed by atoms with Gasteiger partial charge in [-0.1, -0.05) is 66.3 Å². The number of allylic oxidation sites excluding steroid dienone is 1. The molecule has 1 saturated carbocycles. The SMILES string of the molecule is CC1(C)C(C=C(Cl)Cl)C1C(=O)OCc1c(Cl)cccc1Cl. The normalized spacial score (nSPS) is 22.6. The molecule has 0 radical (unpaired) electrons. The molecular formula is C15H14Cl4O2. The molecule has 2 rings (SSSR count). The molecule has 1 aliphatic rings. The van der Waals surface area contributed by atoms with Gasteiger partial charge in [0.05, 0.1) is 5.92 Å². The Morgan fingerprint density at radius 2 is 1.86 bits per heavy atom. The first-order chi connectivity index (χ1) is 9.75. The van der Waals surface area contributed by atoms with Crippen LogP contribution in [0.15, 0.2) is 28.8 Å². The fourth-order valence-electron chi connectivity index (χ4n) is 2.48. The number of hydrogen-bond acceptors (Lipinski definition) is 2. The highest BCUT2D eigenvalue weighted by molar-refractivity contribution is 6.55. The maximum absolute atomic E-state index is 12.2. The lowest BCUT2D eigenvalue weighted by Gasteiger charge is -2.09. The lowest BCUT2D eigenvalue weighted by molar-refractivity contribution is -0.147. The summed E-state index contributed by atoms with van der Waals surface area (Å²) >= 11 is 23.4. The summed E-state index contributed by atoms with van der Waals surface area (Å²) in [6.45, 7) is 3.99. The minimum absolute atomic E-state index is 0.0169. The third-order valence-electron chi connectivity index (χ3n) is 3.89. The van der Waals surface area contributed by atoms with E-state index in [0.29, 0.717) is 15.6 Å². The molecule has 1 aliphatic carbocycles. The van der Waals surface area contributed by atoms with Crippen molar-refractivity contribution in [3.05, 3.63) is 44.4 Å². The van der Waals surface area contributed by atoms with Crippen LogP contribution < -0.4 is 0 Å². The van der Waals surface area contributed by atoms with Gasteiger partial charge < -0.3 is 4.74 Å². The van der Waals surface area contributed by atoms with Crippen LogP contribution in [-0.4, -0.2) is 5.97 Å². The second-order valence-electron chi connectivity index (χ2n) is 5.59. The van der Waals surface area contributed by atoms with E-state index >= 15 is 0 Å². The Morgan fingerprint density at radius 1 is 1.29 bits per heavy atom. The van der Waals surface area contributed by atoms with E-state index in [-0.39, 0.29) is 34.3 Å². The van der Waals surface area contributed by atoms with Crippen molar-refractivity contribution >= 4 is 52.4 Å². The fourth-order valence-corrected chi connectivity index (χ4v) is 3.26. The molecular weight excluding hydrogens is 354 g/mol. The van der Waals surface area contributed by atoms with Gasteiger partial charge in [-0.25, -0.2) is 0 Å². The number of halogens is 4. The van der Waals surface area contributed by atoms with E-state index in [4.69, 9.17) is 51.1 Å². The summed E-state index contributed by atoms with van der Waals surface area (Å²) in [5.74, 6) is -0.574. The molecule has 2 atom stereocenters. The molecule has 0 amide bonds. The molecule has 0 aliphatic heterocycles. The highest BCUT2D eigenvalue weighted by Crippen LogP contribution is 2.60. The van der Waals surface area contributed by atoms with Crippen molar-refractivity contribution in [3.63, 3.8) is 0 Å². The number of ether oxygens (including phenoxy) is 1. The van der Waals surface area contributed by atoms with Gasteiger partial charge in [-0.15, -0.1) is 0 Å². The maximum atomic E-state index is 12.2. The van der Waals surface area contributed by atoms with Gasteiger partial charge in [0.25, 0.3) is 0 Å². The monoisotopic (exact) mass is 366 g/mol. The van der Waals surface area contributed by atoms with Crippen molar-refractivity contribution < 1.29 is 9.53 Å². The number of esters is 1. The lowest BCUT2D eigenvalue weighted by Crippen LogP contribution is -2.11. The Kier molecular flexibility index (Phi) is 5.15. The standard InChI is InChI=1S/C15H14Cl4O2/c1-15(2)9(6-12(18)19)13(15)14(20)21-7-8-10(16)4-3-5-11(8)17/h3-6,9,13H,7H2,1-2H3. The second kappa shape index (κ2) is 6.37. The molecule has 0 bridgehead atoms. The van der Waals surface area contributed by atoms with E-state index in [0.717, 1.165) is 0 Å². The van der Waals surface area contributed by atoms with Crippen LogP contribution in [-0.2, 0) is 16.1 Å². The number of carbonyl (C=O) groups excluding carboxylic acids is 1. The van der Waals surface area contributed by atoms with Crippen molar-refractivity contribution in [2.45, 2.75) is 20.5 Å². The highest BCUT2D eigenvalue weighted by atomic mass is 35.5. The quantitative estimate of drug-likeness (QED) is 0.644. The van der Waals surface area contributed by atoms with E-state index < -0.39 is 0 Å². The summed E-state index contributed by atoms with van der Waals surface area (Å²) in [4.78, 5) is 12.2. The van der Waals surface area contributed by atoms with E-state index in [1.54, 1.807) is 24.3 Å². The first-order valence-corrected chi connectivity index (χ1v) is 7.88. The third-order valence-corrected chi connectivity index (χ3v) is 4.85. The minimum atomic E-state index is -0.299. The molecule has 0 heterocycles. The zero-order chi connectivity index (χ0) is 15.8. The average molecular weight is 368 g/mol. The van der Waals surface area contributed by atoms with Crippen molar-refractivity contribution in [2.24, 2.45) is 17.3 Å². The molecule has 21 heavy (non-hydrogen) atoms. The highest BCUT2D eigenvalue weighted by Gasteiger charge is 2.61. The number of rotatable bonds is 4. The zero-order valence-electron chi connectivity index (χ0n) is 11.5. The zero-order valence-corrected chi connectivity index (χ0v) is 14.5. The Balaban J connectivity index is 2.02. The average Bonchev–Trinajstić information content (AvgIpc) is 2.89. The van der Waals surface area contributed by atoms with Crippen LogP contribution in [0.2, 0.25) is 10.0 Å². The van der Waals surface area contributed by atoms with E-state index in [9.17, 15) is 4.79 Å². The number of benzene rings is 1. The molecule has 2 nitrogen and oxygen atoms in total. The summed E-state index contributed by atoms with van der Waals surface area (Å²) in [6, 6.07) is 5.15. The predicted octanol–water partition coefficient (Wildman–Crippen LogP) is 5.63. The Hall–Kier alpha value is -0.410. The van der Waals surface area contributed by atoms with Crippen LogP contribution >= 0.6 is 46.4 Å². The van der Waals surface area contributed by atoms with Crippen molar-refractivity contribution in [3.8, 4) is 0 Å². The van der Waals surface area contributed by atoms with Crippen LogP contribution in [0.25, 0.3) is 0 Å². The molecule has 0 spiro atoms. The van der Waals surface area contributed by atoms with Gasteiger partial charge in [-0.2, -0.15) is 0 Å². The molecule has 6 heteroatoms. The summed E-state index contributed by atoms with van der Waals surface area (Å²) in [5.41, 5.74) is 0.395. The van der Waals surface area contributed by atoms with Crippen molar-refractivity contribution in [2.75, 3.05) is 0 Å². The van der Waals surface area contributed by atoms with Crippen LogP contribution in [0.1, 0.15) is 19.4 Å². The lowest BCUT2D eigenvalue weighted by atomic mass is 10.1. The Labute approximate surface area is 144 Å². The Bertz CT molecular complexity index is 571. The maximum Gasteiger partial charge on any atom is 0.310 e. The summed E-state index contributed by atoms with van der Waals surface area (Å²) in [6.07, 6.45) is 1.68. The summed E-state index contributed by atoms with van der Waals surface area (Å²) in [5, 5.41) is 0.955. The largest absolute Gasteiger partial charge is 0.460 e. The van der Waals surface area contributed by atoms with E-state index in [2.05, 4.69) is 0 Å². The van der Waals surface area contributed by atoms with Gasteiger partial charge in [-0.05, 0) is 29.5 Å². The molecule has 1 aromatic carbocycles. The molecule has 1 aromatic rings. The molecule has 0 N–H and O–H groups in total. The topological polar surface area (TPSA) is 26.3 Å². The predicted molar refractivity (Wildman–Crippen MR) is 86.8 cm³/mol. The van der Waals surface area contributed by atoms with Gasteiger partial charge in [0.1, 0.15) is 11.1 Å². The first-order valence-electron chi connectivity index (χ1n) is 6.37. The smallest absolute Gasteiger partial charge is 0.310 e. The molecule has 0 saturated heterocycles. The number of carbonyl (C=O) groups is 1. The molecule has 1 fully saturated rings. The van der Waals surface area contributed by atoms with E-state index in [1.807, 2.05) is 13.8 Å². The molecule has 2 unspecified atom stereocenters. The summed E-state index contributed by atoms with van der Waals surface area (Å²) < 4.78 is 5.50. The van der Waals surface area contributed by atoms with Crippen LogP contribution in [0.4, 0.5) is 0 Å². The first kappa shape index (κ1) is 17.0. The summed E-state index contributed by atoms with van der Waals surface area (Å²) in [7, 11) is 0. The third kappa shape index (κ3) is 3.68. The van der Waals surface area contributed by atoms with Crippen molar-refractivity contribution in [1.29, 1.82) is 0 Å². The van der Waals surface area contributed by atoms with Crippen LogP contribution in [0.3, 0.4) is 0 Å². The van der Waals surface area contributed by atoms with Crippen LogP contribution in [0.5, 0.6) is 0 Å². The van der Waals surface area contributed by atoms with Gasteiger partial charge in [0, 0.05) is 15.6 Å². The Morgan fingerprint density at radius 3 is 2.38 bits per heavy atom. The molecule has 0 aromatic heterocycles. The van der Waals surface area contributed by atoms with E-state index in [1.165, 1.54) is 0 Å². The van der Waals surface area contributed by atoms with Gasteiger partial charge >= 0.3 is 5.97 Å². The van der Waals surface area contributed by atoms with Gasteiger partial charge in [-0.3, -0.25) is 4.79 Å². The fraction of sp³-hybridized carbons (Fsp3) is 0.400. The minimum Gasteiger partial charge on any atom is -0.460 e. The number of hydrogen-bond donors (Lipinski definition) is 0. The van der Waals surface area contributed by atoms with Gasteiger partial charge in [0.15, 0.2) is 0 Å². The molecule has 114 valence electrons. The van der Waals surface area contributed by atoms with Gasteiger partial charge in [0.2, 0.25) is 0 Å².